The van der Waals surface area contributed by atoms with Crippen LogP contribution in [0.4, 0.5) is 0 Å². The van der Waals surface area contributed by atoms with Gasteiger partial charge in [-0.25, -0.2) is 0 Å². The third-order valence-corrected chi connectivity index (χ3v) is 4.08. The van der Waals surface area contributed by atoms with Crippen LogP contribution in [0.25, 0.3) is 0 Å². The van der Waals surface area contributed by atoms with E-state index in [1.165, 1.54) is 19.4 Å². The zero-order valence-corrected chi connectivity index (χ0v) is 12.0. The summed E-state index contributed by atoms with van der Waals surface area (Å²) < 4.78 is 1.11. The Balaban J connectivity index is 1.96. The Bertz CT molecular complexity index is 261. The highest BCUT2D eigenvalue weighted by molar-refractivity contribution is 9.11. The molecule has 2 nitrogen and oxygen atoms in total. The van der Waals surface area contributed by atoms with Gasteiger partial charge < -0.3 is 5.32 Å². The van der Waals surface area contributed by atoms with Crippen molar-refractivity contribution >= 4 is 15.9 Å². The third-order valence-electron chi connectivity index (χ3n) is 3.82. The minimum absolute atomic E-state index is 0.657. The van der Waals surface area contributed by atoms with Crippen molar-refractivity contribution in [2.75, 3.05) is 19.6 Å². The molecule has 1 aliphatic carbocycles. The van der Waals surface area contributed by atoms with Gasteiger partial charge in [-0.05, 0) is 24.7 Å². The van der Waals surface area contributed by atoms with Gasteiger partial charge in [0.05, 0.1) is 0 Å². The summed E-state index contributed by atoms with van der Waals surface area (Å²) in [5.74, 6) is 1.65. The molecule has 2 aliphatic rings. The SMILES string of the molecule is C=C(Br)CN1CC(C2CC2)NCC1C(C)C. The standard InChI is InChI=1S/C13H23BrN2/c1-9(2)13-6-15-12(11-4-5-11)8-16(13)7-10(3)14/h9,11-13,15H,3-8H2,1-2H3. The van der Waals surface area contributed by atoms with Gasteiger partial charge in [-0.1, -0.05) is 36.4 Å². The monoisotopic (exact) mass is 286 g/mol. The lowest BCUT2D eigenvalue weighted by atomic mass is 9.97. The first-order valence-corrected chi connectivity index (χ1v) is 7.18. The highest BCUT2D eigenvalue weighted by Crippen LogP contribution is 2.35. The Labute approximate surface area is 108 Å². The smallest absolute Gasteiger partial charge is 0.0298 e. The molecule has 0 bridgehead atoms. The van der Waals surface area contributed by atoms with Crippen LogP contribution in [0.5, 0.6) is 0 Å². The molecule has 1 aliphatic heterocycles. The highest BCUT2D eigenvalue weighted by Gasteiger charge is 2.37. The molecule has 0 aromatic rings. The fourth-order valence-electron chi connectivity index (χ4n) is 2.73. The fraction of sp³-hybridized carbons (Fsp3) is 0.846. The van der Waals surface area contributed by atoms with Crippen LogP contribution in [0, 0.1) is 11.8 Å². The largest absolute Gasteiger partial charge is 0.311 e. The molecule has 0 aromatic carbocycles. The number of piperazine rings is 1. The molecule has 0 aromatic heterocycles. The molecular formula is C13H23BrN2. The van der Waals surface area contributed by atoms with Gasteiger partial charge in [0.2, 0.25) is 0 Å². The second kappa shape index (κ2) is 5.19. The molecule has 0 amide bonds. The van der Waals surface area contributed by atoms with Crippen molar-refractivity contribution in [1.82, 2.24) is 10.2 Å². The summed E-state index contributed by atoms with van der Waals surface area (Å²) in [4.78, 5) is 2.60. The van der Waals surface area contributed by atoms with E-state index in [-0.39, 0.29) is 0 Å². The van der Waals surface area contributed by atoms with Gasteiger partial charge in [-0.3, -0.25) is 4.90 Å². The Morgan fingerprint density at radius 3 is 2.69 bits per heavy atom. The van der Waals surface area contributed by atoms with E-state index in [9.17, 15) is 0 Å². The summed E-state index contributed by atoms with van der Waals surface area (Å²) >= 11 is 3.50. The van der Waals surface area contributed by atoms with Crippen LogP contribution < -0.4 is 5.32 Å². The Morgan fingerprint density at radius 2 is 2.19 bits per heavy atom. The minimum atomic E-state index is 0.657. The molecule has 1 saturated carbocycles. The van der Waals surface area contributed by atoms with Crippen molar-refractivity contribution in [2.24, 2.45) is 11.8 Å². The summed E-state index contributed by atoms with van der Waals surface area (Å²) in [6.07, 6.45) is 2.85. The van der Waals surface area contributed by atoms with Crippen molar-refractivity contribution < 1.29 is 0 Å². The number of nitrogens with one attached hydrogen (secondary N) is 1. The van der Waals surface area contributed by atoms with Crippen molar-refractivity contribution in [3.05, 3.63) is 11.1 Å². The lowest BCUT2D eigenvalue weighted by Crippen LogP contribution is -2.59. The molecule has 1 N–H and O–H groups in total. The normalized spacial score (nSPS) is 32.0. The van der Waals surface area contributed by atoms with E-state index in [0.717, 1.165) is 29.5 Å². The molecule has 2 unspecified atom stereocenters. The first kappa shape index (κ1) is 12.6. The molecule has 0 spiro atoms. The second-order valence-electron chi connectivity index (χ2n) is 5.61. The zero-order chi connectivity index (χ0) is 11.7. The van der Waals surface area contributed by atoms with Gasteiger partial charge in [0.1, 0.15) is 0 Å². The number of nitrogens with zero attached hydrogens (tertiary/aromatic N) is 1. The molecule has 2 atom stereocenters. The summed E-state index contributed by atoms with van der Waals surface area (Å²) in [6.45, 7) is 11.9. The Kier molecular flexibility index (Phi) is 4.09. The van der Waals surface area contributed by atoms with Crippen LogP contribution in [0.3, 0.4) is 0 Å². The predicted octanol–water partition coefficient (Wildman–Crippen LogP) is 2.60. The Morgan fingerprint density at radius 1 is 1.50 bits per heavy atom. The lowest BCUT2D eigenvalue weighted by Gasteiger charge is -2.42. The molecule has 1 heterocycles. The van der Waals surface area contributed by atoms with E-state index in [2.05, 4.69) is 46.6 Å². The van der Waals surface area contributed by atoms with E-state index in [4.69, 9.17) is 0 Å². The van der Waals surface area contributed by atoms with Gasteiger partial charge in [0.25, 0.3) is 0 Å². The van der Waals surface area contributed by atoms with Crippen LogP contribution in [0.15, 0.2) is 11.1 Å². The lowest BCUT2D eigenvalue weighted by molar-refractivity contribution is 0.104. The maximum atomic E-state index is 3.98. The van der Waals surface area contributed by atoms with Crippen molar-refractivity contribution in [3.8, 4) is 0 Å². The van der Waals surface area contributed by atoms with Crippen LogP contribution in [-0.2, 0) is 0 Å². The first-order valence-electron chi connectivity index (χ1n) is 6.38. The van der Waals surface area contributed by atoms with Gasteiger partial charge in [-0.15, -0.1) is 0 Å². The maximum absolute atomic E-state index is 3.98. The minimum Gasteiger partial charge on any atom is -0.311 e. The van der Waals surface area contributed by atoms with Crippen molar-refractivity contribution in [1.29, 1.82) is 0 Å². The molecule has 0 radical (unpaired) electrons. The fourth-order valence-corrected chi connectivity index (χ4v) is 3.05. The summed E-state index contributed by atoms with van der Waals surface area (Å²) in [7, 11) is 0. The first-order chi connectivity index (χ1) is 7.58. The van der Waals surface area contributed by atoms with Crippen LogP contribution in [0.2, 0.25) is 0 Å². The van der Waals surface area contributed by atoms with Crippen LogP contribution >= 0.6 is 15.9 Å². The molecule has 92 valence electrons. The van der Waals surface area contributed by atoms with Crippen molar-refractivity contribution in [3.63, 3.8) is 0 Å². The van der Waals surface area contributed by atoms with E-state index < -0.39 is 0 Å². The molecule has 1 saturated heterocycles. The number of hydrogen-bond acceptors (Lipinski definition) is 2. The number of rotatable bonds is 4. The van der Waals surface area contributed by atoms with E-state index in [1.54, 1.807) is 0 Å². The average Bonchev–Trinajstić information content (AvgIpc) is 2.99. The maximum Gasteiger partial charge on any atom is 0.0298 e. The predicted molar refractivity (Wildman–Crippen MR) is 72.8 cm³/mol. The van der Waals surface area contributed by atoms with Gasteiger partial charge in [0.15, 0.2) is 0 Å². The molecular weight excluding hydrogens is 264 g/mol. The molecule has 2 rings (SSSR count). The number of halogens is 1. The Hall–Kier alpha value is 0.140. The quantitative estimate of drug-likeness (QED) is 0.855. The topological polar surface area (TPSA) is 15.3 Å². The van der Waals surface area contributed by atoms with Crippen molar-refractivity contribution in [2.45, 2.75) is 38.8 Å². The third kappa shape index (κ3) is 3.08. The summed E-state index contributed by atoms with van der Waals surface area (Å²) in [6, 6.07) is 1.38. The van der Waals surface area contributed by atoms with E-state index >= 15 is 0 Å². The summed E-state index contributed by atoms with van der Waals surface area (Å²) in [5.41, 5.74) is 0. The van der Waals surface area contributed by atoms with Gasteiger partial charge in [0, 0.05) is 36.2 Å². The highest BCUT2D eigenvalue weighted by atomic mass is 79.9. The van der Waals surface area contributed by atoms with Crippen LogP contribution in [-0.4, -0.2) is 36.6 Å². The molecule has 16 heavy (non-hydrogen) atoms. The van der Waals surface area contributed by atoms with Gasteiger partial charge in [-0.2, -0.15) is 0 Å². The zero-order valence-electron chi connectivity index (χ0n) is 10.4. The van der Waals surface area contributed by atoms with Crippen LogP contribution in [0.1, 0.15) is 26.7 Å². The van der Waals surface area contributed by atoms with Gasteiger partial charge >= 0.3 is 0 Å². The molecule has 3 heteroatoms. The number of hydrogen-bond donors (Lipinski definition) is 1. The van der Waals surface area contributed by atoms with E-state index in [0.29, 0.717) is 12.0 Å². The summed E-state index contributed by atoms with van der Waals surface area (Å²) in [5, 5.41) is 3.73. The second-order valence-corrected chi connectivity index (χ2v) is 6.73. The average molecular weight is 287 g/mol. The molecule has 2 fully saturated rings. The van der Waals surface area contributed by atoms with E-state index in [1.807, 2.05) is 0 Å².